The summed E-state index contributed by atoms with van der Waals surface area (Å²) in [6.45, 7) is 0.171. The number of nitrogens with zero attached hydrogens (tertiary/aromatic N) is 1. The molecule has 7 heteroatoms. The molecule has 0 spiro atoms. The van der Waals surface area contributed by atoms with Crippen molar-refractivity contribution in [1.82, 2.24) is 0 Å². The molecule has 0 unspecified atom stereocenters. The molecule has 0 N–H and O–H groups in total. The Morgan fingerprint density at radius 2 is 1.07 bits per heavy atom. The normalized spacial score (nSPS) is 11.0. The van der Waals surface area contributed by atoms with Crippen LogP contribution in [0.2, 0.25) is 0 Å². The van der Waals surface area contributed by atoms with E-state index in [4.69, 9.17) is 14.2 Å². The quantitative estimate of drug-likeness (QED) is 0.556. The lowest BCUT2D eigenvalue weighted by Crippen LogP contribution is -2.30. The van der Waals surface area contributed by atoms with Crippen LogP contribution in [0.4, 0.5) is 5.69 Å². The summed E-state index contributed by atoms with van der Waals surface area (Å²) in [6.07, 6.45) is 0. The molecule has 29 heavy (non-hydrogen) atoms. The van der Waals surface area contributed by atoms with Crippen LogP contribution in [0.15, 0.2) is 77.7 Å². The molecule has 0 radical (unpaired) electrons. The van der Waals surface area contributed by atoms with Gasteiger partial charge in [-0.1, -0.05) is 12.1 Å². The number of benzene rings is 3. The van der Waals surface area contributed by atoms with Crippen LogP contribution in [0.25, 0.3) is 0 Å². The first-order valence-electron chi connectivity index (χ1n) is 8.91. The van der Waals surface area contributed by atoms with E-state index in [1.807, 2.05) is 24.3 Å². The molecule has 0 saturated heterocycles. The predicted molar refractivity (Wildman–Crippen MR) is 112 cm³/mol. The highest BCUT2D eigenvalue weighted by Crippen LogP contribution is 2.29. The molecule has 0 fully saturated rings. The number of ether oxygens (including phenoxy) is 3. The van der Waals surface area contributed by atoms with E-state index in [1.165, 1.54) is 11.4 Å². The minimum Gasteiger partial charge on any atom is -0.497 e. The zero-order valence-electron chi connectivity index (χ0n) is 16.5. The Morgan fingerprint density at radius 1 is 0.655 bits per heavy atom. The molecule has 3 aromatic carbocycles. The highest BCUT2D eigenvalue weighted by Gasteiger charge is 2.25. The van der Waals surface area contributed by atoms with E-state index in [0.717, 1.165) is 5.56 Å². The van der Waals surface area contributed by atoms with Gasteiger partial charge in [0.2, 0.25) is 0 Å². The fourth-order valence-electron chi connectivity index (χ4n) is 2.84. The number of rotatable bonds is 8. The second kappa shape index (κ2) is 8.87. The summed E-state index contributed by atoms with van der Waals surface area (Å²) in [5.74, 6) is 1.96. The summed E-state index contributed by atoms with van der Waals surface area (Å²) >= 11 is 0. The van der Waals surface area contributed by atoms with E-state index in [0.29, 0.717) is 22.9 Å². The maximum absolute atomic E-state index is 13.4. The molecule has 0 bridgehead atoms. The Morgan fingerprint density at radius 3 is 1.52 bits per heavy atom. The lowest BCUT2D eigenvalue weighted by molar-refractivity contribution is 0.414. The van der Waals surface area contributed by atoms with Crippen molar-refractivity contribution in [3.8, 4) is 17.2 Å². The van der Waals surface area contributed by atoms with Crippen LogP contribution in [0.5, 0.6) is 17.2 Å². The number of methoxy groups -OCH3 is 3. The van der Waals surface area contributed by atoms with Crippen molar-refractivity contribution in [2.75, 3.05) is 25.6 Å². The molecule has 0 saturated carbocycles. The second-order valence-corrected chi connectivity index (χ2v) is 8.10. The number of anilines is 1. The van der Waals surface area contributed by atoms with Gasteiger partial charge in [0.15, 0.2) is 0 Å². The molecule has 0 aliphatic heterocycles. The third kappa shape index (κ3) is 4.63. The van der Waals surface area contributed by atoms with E-state index in [9.17, 15) is 8.42 Å². The van der Waals surface area contributed by atoms with Crippen molar-refractivity contribution in [2.45, 2.75) is 11.4 Å². The lowest BCUT2D eigenvalue weighted by Gasteiger charge is -2.25. The molecular formula is C22H23NO5S. The summed E-state index contributed by atoms with van der Waals surface area (Å²) in [4.78, 5) is 0.183. The first-order valence-corrected chi connectivity index (χ1v) is 10.4. The largest absolute Gasteiger partial charge is 0.497 e. The Balaban J connectivity index is 2.01. The molecular weight excluding hydrogens is 390 g/mol. The zero-order valence-corrected chi connectivity index (χ0v) is 17.3. The molecule has 0 aliphatic rings. The summed E-state index contributed by atoms with van der Waals surface area (Å²) < 4.78 is 43.8. The minimum atomic E-state index is -3.81. The van der Waals surface area contributed by atoms with Gasteiger partial charge in [-0.3, -0.25) is 4.31 Å². The van der Waals surface area contributed by atoms with Gasteiger partial charge in [-0.05, 0) is 66.2 Å². The summed E-state index contributed by atoms with van der Waals surface area (Å²) in [6, 6.07) is 20.6. The Hall–Kier alpha value is -3.19. The van der Waals surface area contributed by atoms with Crippen LogP contribution in [-0.2, 0) is 16.6 Å². The van der Waals surface area contributed by atoms with Gasteiger partial charge in [-0.15, -0.1) is 0 Å². The van der Waals surface area contributed by atoms with Gasteiger partial charge >= 0.3 is 0 Å². The Labute approximate surface area is 171 Å². The topological polar surface area (TPSA) is 65.1 Å². The number of sulfonamides is 1. The van der Waals surface area contributed by atoms with Gasteiger partial charge in [0.05, 0.1) is 38.5 Å². The third-order valence-corrected chi connectivity index (χ3v) is 6.28. The Kier molecular flexibility index (Phi) is 6.29. The van der Waals surface area contributed by atoms with Crippen LogP contribution in [0.3, 0.4) is 0 Å². The molecule has 3 rings (SSSR count). The standard InChI is InChI=1S/C22H23NO5S/c1-26-19-8-4-17(5-9-19)16-23(18-6-10-20(27-2)11-7-18)29(24,25)22-14-12-21(28-3)13-15-22/h4-15H,16H2,1-3H3. The van der Waals surface area contributed by atoms with E-state index < -0.39 is 10.0 Å². The first kappa shape index (κ1) is 20.5. The molecule has 0 heterocycles. The molecule has 0 atom stereocenters. The van der Waals surface area contributed by atoms with Gasteiger partial charge in [0.1, 0.15) is 17.2 Å². The summed E-state index contributed by atoms with van der Waals surface area (Å²) in [5.41, 5.74) is 1.37. The monoisotopic (exact) mass is 413 g/mol. The van der Waals surface area contributed by atoms with E-state index in [1.54, 1.807) is 62.8 Å². The SMILES string of the molecule is COc1ccc(CN(c2ccc(OC)cc2)S(=O)(=O)c2ccc(OC)cc2)cc1. The minimum absolute atomic E-state index is 0.171. The maximum Gasteiger partial charge on any atom is 0.264 e. The molecule has 6 nitrogen and oxygen atoms in total. The smallest absolute Gasteiger partial charge is 0.264 e. The fourth-order valence-corrected chi connectivity index (χ4v) is 4.29. The average Bonchev–Trinajstić information content (AvgIpc) is 2.78. The zero-order chi connectivity index (χ0) is 20.9. The molecule has 0 amide bonds. The summed E-state index contributed by atoms with van der Waals surface area (Å²) in [5, 5.41) is 0. The second-order valence-electron chi connectivity index (χ2n) is 6.23. The summed E-state index contributed by atoms with van der Waals surface area (Å²) in [7, 11) is 0.889. The lowest BCUT2D eigenvalue weighted by atomic mass is 10.2. The fraction of sp³-hybridized carbons (Fsp3) is 0.182. The highest BCUT2D eigenvalue weighted by atomic mass is 32.2. The van der Waals surface area contributed by atoms with Crippen LogP contribution in [0, 0.1) is 0 Å². The molecule has 0 aromatic heterocycles. The Bertz CT molecular complexity index is 1030. The van der Waals surface area contributed by atoms with E-state index in [-0.39, 0.29) is 11.4 Å². The first-order chi connectivity index (χ1) is 14.0. The number of hydrogen-bond acceptors (Lipinski definition) is 5. The molecule has 0 aliphatic carbocycles. The van der Waals surface area contributed by atoms with Crippen LogP contribution < -0.4 is 18.5 Å². The van der Waals surface area contributed by atoms with Gasteiger partial charge in [0.25, 0.3) is 10.0 Å². The van der Waals surface area contributed by atoms with Crippen LogP contribution >= 0.6 is 0 Å². The highest BCUT2D eigenvalue weighted by molar-refractivity contribution is 7.92. The van der Waals surface area contributed by atoms with Crippen molar-refractivity contribution in [3.63, 3.8) is 0 Å². The third-order valence-electron chi connectivity index (χ3n) is 4.49. The van der Waals surface area contributed by atoms with Crippen LogP contribution in [0.1, 0.15) is 5.56 Å². The van der Waals surface area contributed by atoms with Gasteiger partial charge < -0.3 is 14.2 Å². The van der Waals surface area contributed by atoms with Crippen molar-refractivity contribution < 1.29 is 22.6 Å². The van der Waals surface area contributed by atoms with E-state index >= 15 is 0 Å². The van der Waals surface area contributed by atoms with Crippen LogP contribution in [-0.4, -0.2) is 29.7 Å². The predicted octanol–water partition coefficient (Wildman–Crippen LogP) is 4.11. The van der Waals surface area contributed by atoms with Crippen molar-refractivity contribution in [2.24, 2.45) is 0 Å². The molecule has 152 valence electrons. The van der Waals surface area contributed by atoms with Gasteiger partial charge in [-0.25, -0.2) is 8.42 Å². The molecule has 3 aromatic rings. The average molecular weight is 413 g/mol. The van der Waals surface area contributed by atoms with Crippen molar-refractivity contribution in [3.05, 3.63) is 78.4 Å². The maximum atomic E-state index is 13.4. The van der Waals surface area contributed by atoms with Gasteiger partial charge in [-0.2, -0.15) is 0 Å². The number of hydrogen-bond donors (Lipinski definition) is 0. The van der Waals surface area contributed by atoms with E-state index in [2.05, 4.69) is 0 Å². The van der Waals surface area contributed by atoms with Crippen molar-refractivity contribution in [1.29, 1.82) is 0 Å². The van der Waals surface area contributed by atoms with Gasteiger partial charge in [0, 0.05) is 0 Å². The van der Waals surface area contributed by atoms with Crippen molar-refractivity contribution >= 4 is 15.7 Å².